The van der Waals surface area contributed by atoms with Gasteiger partial charge in [-0.2, -0.15) is 0 Å². The van der Waals surface area contributed by atoms with E-state index in [9.17, 15) is 19.7 Å². The summed E-state index contributed by atoms with van der Waals surface area (Å²) in [7, 11) is 0. The molecule has 0 unspecified atom stereocenters. The molecule has 1 aromatic carbocycles. The minimum Gasteiger partial charge on any atom is -0.324 e. The molecular weight excluding hydrogens is 354 g/mol. The molecule has 0 spiro atoms. The van der Waals surface area contributed by atoms with Crippen molar-refractivity contribution in [2.24, 2.45) is 0 Å². The number of aromatic nitrogens is 1. The quantitative estimate of drug-likeness (QED) is 0.664. The van der Waals surface area contributed by atoms with Gasteiger partial charge >= 0.3 is 0 Å². The molecule has 2 rings (SSSR count). The lowest BCUT2D eigenvalue weighted by Crippen LogP contribution is -2.27. The second kappa shape index (κ2) is 6.52. The van der Waals surface area contributed by atoms with Gasteiger partial charge in [-0.15, -0.1) is 0 Å². The van der Waals surface area contributed by atoms with Crippen molar-refractivity contribution in [1.82, 2.24) is 4.57 Å². The van der Waals surface area contributed by atoms with Crippen molar-refractivity contribution in [1.29, 1.82) is 0 Å². The molecule has 7 nitrogen and oxygen atoms in total. The Labute approximate surface area is 133 Å². The van der Waals surface area contributed by atoms with Gasteiger partial charge in [-0.3, -0.25) is 19.7 Å². The maximum atomic E-state index is 12.0. The van der Waals surface area contributed by atoms with Crippen LogP contribution >= 0.6 is 15.9 Å². The minimum atomic E-state index is -0.544. The molecule has 0 radical (unpaired) electrons. The lowest BCUT2D eigenvalue weighted by molar-refractivity contribution is -0.384. The van der Waals surface area contributed by atoms with Gasteiger partial charge in [0.25, 0.3) is 11.2 Å². The smallest absolute Gasteiger partial charge is 0.271 e. The molecule has 114 valence electrons. The third kappa shape index (κ3) is 3.79. The number of nitro benzene ring substituents is 1. The van der Waals surface area contributed by atoms with Gasteiger partial charge in [0.05, 0.1) is 9.40 Å². The number of pyridine rings is 1. The Hall–Kier alpha value is -2.48. The predicted octanol–water partition coefficient (Wildman–Crippen LogP) is 2.47. The van der Waals surface area contributed by atoms with Crippen LogP contribution in [0.3, 0.4) is 0 Å². The molecular formula is C14H12BrN3O4. The number of rotatable bonds is 4. The summed E-state index contributed by atoms with van der Waals surface area (Å²) in [6.45, 7) is 1.63. The summed E-state index contributed by atoms with van der Waals surface area (Å²) in [6.07, 6.45) is 1.57. The summed E-state index contributed by atoms with van der Waals surface area (Å²) in [5.74, 6) is -0.444. The Balaban J connectivity index is 2.16. The number of hydrogen-bond donors (Lipinski definition) is 1. The molecule has 8 heteroatoms. The number of nitrogens with one attached hydrogen (secondary N) is 1. The molecule has 1 N–H and O–H groups in total. The molecule has 0 saturated carbocycles. The molecule has 1 heterocycles. The molecule has 2 aromatic rings. The lowest BCUT2D eigenvalue weighted by Gasteiger charge is -2.08. The fraction of sp³-hybridized carbons (Fsp3) is 0.143. The Bertz CT molecular complexity index is 801. The topological polar surface area (TPSA) is 94.2 Å². The summed E-state index contributed by atoms with van der Waals surface area (Å²) in [4.78, 5) is 34.0. The number of nitro groups is 1. The van der Waals surface area contributed by atoms with E-state index in [0.717, 1.165) is 5.56 Å². The summed E-state index contributed by atoms with van der Waals surface area (Å²) in [5.41, 5.74) is 0.696. The van der Waals surface area contributed by atoms with Crippen molar-refractivity contribution >= 4 is 33.2 Å². The summed E-state index contributed by atoms with van der Waals surface area (Å²) in [5, 5.41) is 13.2. The first-order chi connectivity index (χ1) is 10.4. The first-order valence-electron chi connectivity index (χ1n) is 6.27. The number of benzene rings is 1. The third-order valence-electron chi connectivity index (χ3n) is 2.83. The first-order valence-corrected chi connectivity index (χ1v) is 7.07. The number of aryl methyl sites for hydroxylation is 1. The average Bonchev–Trinajstić information content (AvgIpc) is 2.44. The number of carbonyl (C=O) groups is 1. The van der Waals surface area contributed by atoms with E-state index in [2.05, 4.69) is 21.2 Å². The SMILES string of the molecule is Cc1cc(Br)c(=O)n(CC(=O)Nc2cccc([N+](=O)[O-])c2)c1. The van der Waals surface area contributed by atoms with Crippen LogP contribution in [0.15, 0.2) is 45.8 Å². The molecule has 22 heavy (non-hydrogen) atoms. The number of amides is 1. The minimum absolute atomic E-state index is 0.117. The fourth-order valence-corrected chi connectivity index (χ4v) is 2.50. The molecule has 0 saturated heterocycles. The van der Waals surface area contributed by atoms with Crippen molar-refractivity contribution in [3.05, 3.63) is 67.0 Å². The standard InChI is InChI=1S/C14H12BrN3O4/c1-9-5-12(15)14(20)17(7-9)8-13(19)16-10-3-2-4-11(6-10)18(21)22/h2-7H,8H2,1H3,(H,16,19). The van der Waals surface area contributed by atoms with E-state index in [1.54, 1.807) is 25.3 Å². The Kier molecular flexibility index (Phi) is 4.71. The second-order valence-corrected chi connectivity index (χ2v) is 5.51. The van der Waals surface area contributed by atoms with Crippen LogP contribution in [0.25, 0.3) is 0 Å². The van der Waals surface area contributed by atoms with Crippen LogP contribution in [0.1, 0.15) is 5.56 Å². The van der Waals surface area contributed by atoms with Crippen molar-refractivity contribution in [2.45, 2.75) is 13.5 Å². The van der Waals surface area contributed by atoms with E-state index in [1.165, 1.54) is 22.8 Å². The van der Waals surface area contributed by atoms with Crippen LogP contribution in [0.4, 0.5) is 11.4 Å². The van der Waals surface area contributed by atoms with Gasteiger partial charge in [-0.05, 0) is 40.5 Å². The highest BCUT2D eigenvalue weighted by atomic mass is 79.9. The van der Waals surface area contributed by atoms with Gasteiger partial charge in [0.2, 0.25) is 5.91 Å². The van der Waals surface area contributed by atoms with Gasteiger partial charge in [-0.1, -0.05) is 6.07 Å². The molecule has 0 fully saturated rings. The van der Waals surface area contributed by atoms with E-state index >= 15 is 0 Å². The van der Waals surface area contributed by atoms with Crippen LogP contribution in [-0.4, -0.2) is 15.4 Å². The van der Waals surface area contributed by atoms with Gasteiger partial charge in [0.1, 0.15) is 6.54 Å². The molecule has 0 aliphatic rings. The van der Waals surface area contributed by atoms with E-state index in [0.29, 0.717) is 10.2 Å². The Morgan fingerprint density at radius 2 is 2.14 bits per heavy atom. The summed E-state index contributed by atoms with van der Waals surface area (Å²) in [6, 6.07) is 7.27. The van der Waals surface area contributed by atoms with Crippen molar-refractivity contribution < 1.29 is 9.72 Å². The summed E-state index contributed by atoms with van der Waals surface area (Å²) >= 11 is 3.14. The monoisotopic (exact) mass is 365 g/mol. The van der Waals surface area contributed by atoms with Crippen molar-refractivity contribution in [3.63, 3.8) is 0 Å². The molecule has 1 amide bonds. The number of nitrogens with zero attached hydrogens (tertiary/aromatic N) is 2. The zero-order valence-corrected chi connectivity index (χ0v) is 13.2. The van der Waals surface area contributed by atoms with Gasteiger partial charge in [0, 0.05) is 24.0 Å². The third-order valence-corrected chi connectivity index (χ3v) is 3.40. The van der Waals surface area contributed by atoms with E-state index in [-0.39, 0.29) is 17.8 Å². The van der Waals surface area contributed by atoms with Crippen LogP contribution in [0.5, 0.6) is 0 Å². The molecule has 0 aliphatic heterocycles. The number of hydrogen-bond acceptors (Lipinski definition) is 4. The molecule has 0 aliphatic carbocycles. The molecule has 1 aromatic heterocycles. The van der Waals surface area contributed by atoms with E-state index in [1.807, 2.05) is 0 Å². The molecule has 0 atom stereocenters. The zero-order valence-electron chi connectivity index (χ0n) is 11.6. The lowest BCUT2D eigenvalue weighted by atomic mass is 10.3. The van der Waals surface area contributed by atoms with Crippen LogP contribution in [0, 0.1) is 17.0 Å². The maximum absolute atomic E-state index is 12.0. The Morgan fingerprint density at radius 1 is 1.41 bits per heavy atom. The number of non-ortho nitro benzene ring substituents is 1. The normalized spacial score (nSPS) is 10.3. The van der Waals surface area contributed by atoms with Crippen molar-refractivity contribution in [2.75, 3.05) is 5.32 Å². The van der Waals surface area contributed by atoms with Gasteiger partial charge < -0.3 is 9.88 Å². The number of halogens is 1. The second-order valence-electron chi connectivity index (χ2n) is 4.65. The number of anilines is 1. The van der Waals surface area contributed by atoms with E-state index in [4.69, 9.17) is 0 Å². The maximum Gasteiger partial charge on any atom is 0.271 e. The Morgan fingerprint density at radius 3 is 2.82 bits per heavy atom. The van der Waals surface area contributed by atoms with Crippen LogP contribution < -0.4 is 10.9 Å². The number of carbonyl (C=O) groups excluding carboxylic acids is 1. The first kappa shape index (κ1) is 15.9. The predicted molar refractivity (Wildman–Crippen MR) is 84.9 cm³/mol. The van der Waals surface area contributed by atoms with Crippen LogP contribution in [-0.2, 0) is 11.3 Å². The highest BCUT2D eigenvalue weighted by molar-refractivity contribution is 9.10. The summed E-state index contributed by atoms with van der Waals surface area (Å²) < 4.78 is 1.64. The highest BCUT2D eigenvalue weighted by Crippen LogP contribution is 2.17. The fourth-order valence-electron chi connectivity index (χ4n) is 1.91. The van der Waals surface area contributed by atoms with Gasteiger partial charge in [-0.25, -0.2) is 0 Å². The molecule has 0 bridgehead atoms. The van der Waals surface area contributed by atoms with Crippen LogP contribution in [0.2, 0.25) is 0 Å². The van der Waals surface area contributed by atoms with Gasteiger partial charge in [0.15, 0.2) is 0 Å². The average molecular weight is 366 g/mol. The largest absolute Gasteiger partial charge is 0.324 e. The van der Waals surface area contributed by atoms with Crippen molar-refractivity contribution in [3.8, 4) is 0 Å². The van der Waals surface area contributed by atoms with E-state index < -0.39 is 10.8 Å². The zero-order chi connectivity index (χ0) is 16.3. The highest BCUT2D eigenvalue weighted by Gasteiger charge is 2.10.